The van der Waals surface area contributed by atoms with Crippen LogP contribution in [0.15, 0.2) is 65.4 Å². The number of halogens is 3. The summed E-state index contributed by atoms with van der Waals surface area (Å²) in [6.45, 7) is 4.39. The molecule has 0 unspecified atom stereocenters. The van der Waals surface area contributed by atoms with E-state index in [9.17, 15) is 18.0 Å². The van der Waals surface area contributed by atoms with Gasteiger partial charge in [-0.05, 0) is 49.6 Å². The van der Waals surface area contributed by atoms with Gasteiger partial charge in [0.05, 0.1) is 18.0 Å². The number of furan rings is 1. The zero-order valence-corrected chi connectivity index (χ0v) is 18.0. The average Bonchev–Trinajstić information content (AvgIpc) is 3.23. The summed E-state index contributed by atoms with van der Waals surface area (Å²) in [6.07, 6.45) is -1.21. The Morgan fingerprint density at radius 3 is 2.70 bits per heavy atom. The van der Waals surface area contributed by atoms with E-state index in [1.165, 1.54) is 24.6 Å². The molecule has 0 bridgehead atoms. The third kappa shape index (κ3) is 5.00. The number of carbonyl (C=O) groups is 1. The first-order chi connectivity index (χ1) is 15.7. The van der Waals surface area contributed by atoms with E-state index in [0.717, 1.165) is 28.8 Å². The third-order valence-electron chi connectivity index (χ3n) is 5.23. The molecular weight excluding hydrogens is 433 g/mol. The number of fused-ring (bicyclic) bond motifs is 1. The lowest BCUT2D eigenvalue weighted by atomic mass is 10.0. The Balaban J connectivity index is 1.58. The average molecular weight is 454 g/mol. The van der Waals surface area contributed by atoms with Crippen LogP contribution in [0.3, 0.4) is 0 Å². The Hall–Kier alpha value is -3.81. The molecule has 4 aromatic rings. The van der Waals surface area contributed by atoms with Crippen molar-refractivity contribution in [2.24, 2.45) is 0 Å². The fourth-order valence-electron chi connectivity index (χ4n) is 3.58. The van der Waals surface area contributed by atoms with E-state index in [0.29, 0.717) is 18.5 Å². The highest BCUT2D eigenvalue weighted by atomic mass is 19.4. The first-order valence-electron chi connectivity index (χ1n) is 10.3. The molecule has 0 fully saturated rings. The molecule has 0 saturated heterocycles. The van der Waals surface area contributed by atoms with E-state index in [1.807, 2.05) is 26.0 Å². The molecular formula is C25H21F3N2O3. The second-order valence-corrected chi connectivity index (χ2v) is 7.70. The molecule has 1 N–H and O–H groups in total. The van der Waals surface area contributed by atoms with Gasteiger partial charge >= 0.3 is 6.18 Å². The molecule has 5 nitrogen and oxygen atoms in total. The monoisotopic (exact) mass is 454 g/mol. The maximum Gasteiger partial charge on any atom is 0.416 e. The number of nitrogens with one attached hydrogen (secondary N) is 1. The number of benzene rings is 2. The first kappa shape index (κ1) is 22.4. The summed E-state index contributed by atoms with van der Waals surface area (Å²) < 4.78 is 50.3. The van der Waals surface area contributed by atoms with Crippen LogP contribution < -0.4 is 10.1 Å². The minimum Gasteiger partial charge on any atom is -0.462 e. The SMILES string of the molecule is Cc1ccc(CCNC(=O)c2c(Oc3cccc(C(F)(F)F)c3)cnc3ccoc23)c(C)c1. The Kier molecular flexibility index (Phi) is 6.09. The summed E-state index contributed by atoms with van der Waals surface area (Å²) in [5, 5.41) is 2.85. The highest BCUT2D eigenvalue weighted by molar-refractivity contribution is 6.06. The van der Waals surface area contributed by atoms with Gasteiger partial charge in [0.2, 0.25) is 0 Å². The zero-order valence-electron chi connectivity index (χ0n) is 18.0. The van der Waals surface area contributed by atoms with Gasteiger partial charge in [-0.25, -0.2) is 4.98 Å². The van der Waals surface area contributed by atoms with Crippen LogP contribution in [0.2, 0.25) is 0 Å². The number of aryl methyl sites for hydroxylation is 2. The molecule has 0 aliphatic heterocycles. The number of hydrogen-bond acceptors (Lipinski definition) is 4. The number of nitrogens with zero attached hydrogens (tertiary/aromatic N) is 1. The van der Waals surface area contributed by atoms with Crippen molar-refractivity contribution < 1.29 is 27.1 Å². The highest BCUT2D eigenvalue weighted by Crippen LogP contribution is 2.35. The Morgan fingerprint density at radius 1 is 1.12 bits per heavy atom. The largest absolute Gasteiger partial charge is 0.462 e. The lowest BCUT2D eigenvalue weighted by molar-refractivity contribution is -0.137. The number of alkyl halides is 3. The predicted molar refractivity (Wildman–Crippen MR) is 117 cm³/mol. The van der Waals surface area contributed by atoms with Crippen LogP contribution in [0.25, 0.3) is 11.1 Å². The van der Waals surface area contributed by atoms with Crippen LogP contribution in [0.4, 0.5) is 13.2 Å². The van der Waals surface area contributed by atoms with Crippen LogP contribution >= 0.6 is 0 Å². The van der Waals surface area contributed by atoms with Crippen LogP contribution in [0.1, 0.15) is 32.6 Å². The summed E-state index contributed by atoms with van der Waals surface area (Å²) in [4.78, 5) is 17.2. The number of aromatic nitrogens is 1. The van der Waals surface area contributed by atoms with Gasteiger partial charge in [-0.3, -0.25) is 4.79 Å². The Morgan fingerprint density at radius 2 is 1.94 bits per heavy atom. The maximum atomic E-state index is 13.1. The van der Waals surface area contributed by atoms with Crippen LogP contribution in [-0.2, 0) is 12.6 Å². The van der Waals surface area contributed by atoms with E-state index < -0.39 is 17.6 Å². The molecule has 2 aromatic heterocycles. The molecule has 0 aliphatic rings. The number of amides is 1. The van der Waals surface area contributed by atoms with Crippen molar-refractivity contribution >= 4 is 17.0 Å². The second-order valence-electron chi connectivity index (χ2n) is 7.70. The van der Waals surface area contributed by atoms with Crippen molar-refractivity contribution in [2.75, 3.05) is 6.54 Å². The van der Waals surface area contributed by atoms with Crippen LogP contribution in [0.5, 0.6) is 11.5 Å². The van der Waals surface area contributed by atoms with E-state index in [-0.39, 0.29) is 22.6 Å². The topological polar surface area (TPSA) is 64.4 Å². The summed E-state index contributed by atoms with van der Waals surface area (Å²) in [5.74, 6) is -0.535. The van der Waals surface area contributed by atoms with Gasteiger partial charge in [-0.15, -0.1) is 0 Å². The lowest BCUT2D eigenvalue weighted by Crippen LogP contribution is -2.26. The standard InChI is InChI=1S/C25H21F3N2O3/c1-15-6-7-17(16(2)12-15)8-10-29-24(31)22-21(14-30-20-9-11-32-23(20)22)33-19-5-3-4-18(13-19)25(26,27)28/h3-7,9,11-14H,8,10H2,1-2H3,(H,29,31). The molecule has 0 atom stereocenters. The number of carbonyl (C=O) groups excluding carboxylic acids is 1. The van der Waals surface area contributed by atoms with Crippen LogP contribution in [0, 0.1) is 13.8 Å². The van der Waals surface area contributed by atoms with Crippen molar-refractivity contribution in [1.29, 1.82) is 0 Å². The molecule has 0 spiro atoms. The molecule has 170 valence electrons. The molecule has 0 saturated carbocycles. The molecule has 2 heterocycles. The molecule has 1 amide bonds. The molecule has 2 aromatic carbocycles. The van der Waals surface area contributed by atoms with Gasteiger partial charge in [0.15, 0.2) is 11.3 Å². The van der Waals surface area contributed by atoms with Gasteiger partial charge < -0.3 is 14.5 Å². The molecule has 33 heavy (non-hydrogen) atoms. The smallest absolute Gasteiger partial charge is 0.416 e. The van der Waals surface area contributed by atoms with Gasteiger partial charge in [0, 0.05) is 12.6 Å². The summed E-state index contributed by atoms with van der Waals surface area (Å²) in [7, 11) is 0. The van der Waals surface area contributed by atoms with Crippen molar-refractivity contribution in [1.82, 2.24) is 10.3 Å². The Labute approximate surface area is 188 Å². The van der Waals surface area contributed by atoms with E-state index in [1.54, 1.807) is 6.07 Å². The van der Waals surface area contributed by atoms with E-state index in [4.69, 9.17) is 9.15 Å². The van der Waals surface area contributed by atoms with Gasteiger partial charge in [0.1, 0.15) is 16.8 Å². The number of rotatable bonds is 6. The quantitative estimate of drug-likeness (QED) is 0.375. The number of ether oxygens (including phenoxy) is 1. The maximum absolute atomic E-state index is 13.1. The zero-order chi connectivity index (χ0) is 23.6. The van der Waals surface area contributed by atoms with Crippen molar-refractivity contribution in [3.05, 3.63) is 88.8 Å². The first-order valence-corrected chi connectivity index (χ1v) is 10.3. The normalized spacial score (nSPS) is 11.5. The number of hydrogen-bond donors (Lipinski definition) is 1. The highest BCUT2D eigenvalue weighted by Gasteiger charge is 2.31. The minimum absolute atomic E-state index is 0.000732. The molecule has 4 rings (SSSR count). The molecule has 0 aliphatic carbocycles. The summed E-state index contributed by atoms with van der Waals surface area (Å²) in [6, 6.07) is 12.1. The van der Waals surface area contributed by atoms with Crippen molar-refractivity contribution in [3.63, 3.8) is 0 Å². The summed E-state index contributed by atoms with van der Waals surface area (Å²) in [5.41, 5.74) is 3.26. The predicted octanol–water partition coefficient (Wildman–Crippen LogP) is 6.23. The van der Waals surface area contributed by atoms with Crippen molar-refractivity contribution in [2.45, 2.75) is 26.4 Å². The third-order valence-corrected chi connectivity index (χ3v) is 5.23. The fourth-order valence-corrected chi connectivity index (χ4v) is 3.58. The lowest BCUT2D eigenvalue weighted by Gasteiger charge is -2.13. The minimum atomic E-state index is -4.52. The molecule has 0 radical (unpaired) electrons. The van der Waals surface area contributed by atoms with Crippen LogP contribution in [-0.4, -0.2) is 17.4 Å². The number of pyridine rings is 1. The fraction of sp³-hybridized carbons (Fsp3) is 0.200. The van der Waals surface area contributed by atoms with Crippen molar-refractivity contribution in [3.8, 4) is 11.5 Å². The summed E-state index contributed by atoms with van der Waals surface area (Å²) >= 11 is 0. The second kappa shape index (κ2) is 8.97. The van der Waals surface area contributed by atoms with Gasteiger partial charge in [0.25, 0.3) is 5.91 Å². The van der Waals surface area contributed by atoms with E-state index in [2.05, 4.69) is 16.4 Å². The molecule has 8 heteroatoms. The van der Waals surface area contributed by atoms with E-state index >= 15 is 0 Å². The van der Waals surface area contributed by atoms with Gasteiger partial charge in [-0.2, -0.15) is 13.2 Å². The van der Waals surface area contributed by atoms with Gasteiger partial charge in [-0.1, -0.05) is 29.8 Å². The Bertz CT molecular complexity index is 1310.